The molecule has 0 spiro atoms. The average Bonchev–Trinajstić information content (AvgIpc) is 3.46. The molecule has 0 saturated carbocycles. The largest absolute Gasteiger partial charge is 0.494 e. The minimum Gasteiger partial charge on any atom is -0.494 e. The minimum absolute atomic E-state index is 0.216. The number of nitrogens with zero attached hydrogens (tertiary/aromatic N) is 5. The molecular weight excluding hydrogens is 462 g/mol. The molecule has 0 amide bonds. The molecule has 1 aliphatic heterocycles. The highest BCUT2D eigenvalue weighted by Crippen LogP contribution is 2.32. The molecule has 0 aliphatic carbocycles. The zero-order valence-corrected chi connectivity index (χ0v) is 20.8. The van der Waals surface area contributed by atoms with Crippen LogP contribution in [0.25, 0.3) is 16.6 Å². The van der Waals surface area contributed by atoms with Crippen molar-refractivity contribution in [1.29, 1.82) is 0 Å². The van der Waals surface area contributed by atoms with Crippen LogP contribution < -0.4 is 15.0 Å². The van der Waals surface area contributed by atoms with Crippen LogP contribution in [0.15, 0.2) is 42.5 Å². The van der Waals surface area contributed by atoms with Crippen molar-refractivity contribution in [3.8, 4) is 11.4 Å². The summed E-state index contributed by atoms with van der Waals surface area (Å²) in [5.74, 6) is 0.588. The van der Waals surface area contributed by atoms with Gasteiger partial charge in [0.15, 0.2) is 11.6 Å². The van der Waals surface area contributed by atoms with Crippen LogP contribution in [0.4, 0.5) is 14.6 Å². The molecule has 0 bridgehead atoms. The molecule has 1 fully saturated rings. The van der Waals surface area contributed by atoms with Gasteiger partial charge < -0.3 is 15.0 Å². The second-order valence-corrected chi connectivity index (χ2v) is 9.14. The van der Waals surface area contributed by atoms with Gasteiger partial charge in [-0.2, -0.15) is 10.2 Å². The Labute approximate surface area is 209 Å². The van der Waals surface area contributed by atoms with Crippen LogP contribution in [-0.2, 0) is 6.42 Å². The molecule has 2 aromatic carbocycles. The number of ether oxygens (including phenoxy) is 1. The van der Waals surface area contributed by atoms with Gasteiger partial charge in [0.05, 0.1) is 23.4 Å². The predicted octanol–water partition coefficient (Wildman–Crippen LogP) is 4.52. The van der Waals surface area contributed by atoms with Gasteiger partial charge in [-0.05, 0) is 70.0 Å². The first-order chi connectivity index (χ1) is 17.4. The number of anilines is 1. The Hall–Kier alpha value is -3.59. The van der Waals surface area contributed by atoms with Crippen LogP contribution in [0.1, 0.15) is 30.3 Å². The standard InChI is InChI=1S/C27H30F2N6O/c1-4-36-22-9-10-24(23(29)15-22)35-18(3)25-17(2)31-32-27(26(25)33-35)34-14-12-21(16-34)30-13-11-19-5-7-20(28)8-6-19/h5-10,15,21,30H,4,11-14,16H2,1-3H3. The lowest BCUT2D eigenvalue weighted by Crippen LogP contribution is -2.34. The van der Waals surface area contributed by atoms with E-state index in [-0.39, 0.29) is 5.82 Å². The highest BCUT2D eigenvalue weighted by atomic mass is 19.1. The number of hydrogen-bond donors (Lipinski definition) is 1. The van der Waals surface area contributed by atoms with Crippen molar-refractivity contribution >= 4 is 16.7 Å². The van der Waals surface area contributed by atoms with E-state index in [1.807, 2.05) is 32.9 Å². The molecule has 5 rings (SSSR count). The molecule has 7 nitrogen and oxygen atoms in total. The molecule has 188 valence electrons. The van der Waals surface area contributed by atoms with E-state index in [4.69, 9.17) is 9.84 Å². The van der Waals surface area contributed by atoms with Crippen molar-refractivity contribution in [2.45, 2.75) is 39.7 Å². The summed E-state index contributed by atoms with van der Waals surface area (Å²) >= 11 is 0. The molecular formula is C27H30F2N6O. The number of fused-ring (bicyclic) bond motifs is 1. The summed E-state index contributed by atoms with van der Waals surface area (Å²) in [6.07, 6.45) is 1.80. The van der Waals surface area contributed by atoms with Crippen molar-refractivity contribution < 1.29 is 13.5 Å². The molecule has 2 aromatic heterocycles. The van der Waals surface area contributed by atoms with E-state index in [1.54, 1.807) is 16.8 Å². The van der Waals surface area contributed by atoms with E-state index < -0.39 is 5.82 Å². The summed E-state index contributed by atoms with van der Waals surface area (Å²) in [5.41, 5.74) is 3.76. The fraction of sp³-hybridized carbons (Fsp3) is 0.370. The van der Waals surface area contributed by atoms with Gasteiger partial charge in [0.1, 0.15) is 22.8 Å². The van der Waals surface area contributed by atoms with E-state index in [9.17, 15) is 8.78 Å². The Morgan fingerprint density at radius 2 is 1.89 bits per heavy atom. The number of hydrogen-bond acceptors (Lipinski definition) is 6. The quantitative estimate of drug-likeness (QED) is 0.390. The molecule has 36 heavy (non-hydrogen) atoms. The monoisotopic (exact) mass is 492 g/mol. The Kier molecular flexibility index (Phi) is 6.82. The number of nitrogens with one attached hydrogen (secondary N) is 1. The minimum atomic E-state index is -0.399. The maximum absolute atomic E-state index is 15.0. The number of rotatable bonds is 8. The molecule has 1 unspecified atom stereocenters. The third-order valence-electron chi connectivity index (χ3n) is 6.69. The fourth-order valence-electron chi connectivity index (χ4n) is 4.87. The summed E-state index contributed by atoms with van der Waals surface area (Å²) < 4.78 is 35.1. The van der Waals surface area contributed by atoms with Crippen LogP contribution >= 0.6 is 0 Å². The van der Waals surface area contributed by atoms with Crippen molar-refractivity contribution in [3.63, 3.8) is 0 Å². The molecule has 3 heterocycles. The SMILES string of the molecule is CCOc1ccc(-n2nc3c(N4CCC(NCCc5ccc(F)cc5)C4)nnc(C)c3c2C)c(F)c1. The van der Waals surface area contributed by atoms with Crippen molar-refractivity contribution in [2.75, 3.05) is 31.1 Å². The van der Waals surface area contributed by atoms with E-state index in [1.165, 1.54) is 18.2 Å². The zero-order valence-electron chi connectivity index (χ0n) is 20.8. The van der Waals surface area contributed by atoms with Crippen molar-refractivity contribution in [2.24, 2.45) is 0 Å². The van der Waals surface area contributed by atoms with Crippen LogP contribution in [0.5, 0.6) is 5.75 Å². The van der Waals surface area contributed by atoms with Gasteiger partial charge in [0, 0.05) is 25.2 Å². The molecule has 1 N–H and O–H groups in total. The molecule has 0 radical (unpaired) electrons. The third-order valence-corrected chi connectivity index (χ3v) is 6.69. The Morgan fingerprint density at radius 3 is 2.64 bits per heavy atom. The molecule has 9 heteroatoms. The Morgan fingerprint density at radius 1 is 1.08 bits per heavy atom. The molecule has 4 aromatic rings. The summed E-state index contributed by atoms with van der Waals surface area (Å²) in [4.78, 5) is 2.19. The topological polar surface area (TPSA) is 68.1 Å². The van der Waals surface area contributed by atoms with Crippen molar-refractivity contribution in [1.82, 2.24) is 25.3 Å². The predicted molar refractivity (Wildman–Crippen MR) is 136 cm³/mol. The van der Waals surface area contributed by atoms with Gasteiger partial charge in [0.2, 0.25) is 0 Å². The lowest BCUT2D eigenvalue weighted by Gasteiger charge is -2.18. The Bertz CT molecular complexity index is 1370. The summed E-state index contributed by atoms with van der Waals surface area (Å²) in [6, 6.07) is 11.8. The second-order valence-electron chi connectivity index (χ2n) is 9.14. The third kappa shape index (κ3) is 4.75. The molecule has 1 atom stereocenters. The van der Waals surface area contributed by atoms with Gasteiger partial charge >= 0.3 is 0 Å². The van der Waals surface area contributed by atoms with Gasteiger partial charge in [-0.1, -0.05) is 12.1 Å². The first-order valence-electron chi connectivity index (χ1n) is 12.3. The second kappa shape index (κ2) is 10.2. The smallest absolute Gasteiger partial charge is 0.179 e. The lowest BCUT2D eigenvalue weighted by molar-refractivity contribution is 0.338. The summed E-state index contributed by atoms with van der Waals surface area (Å²) in [6.45, 7) is 8.57. The summed E-state index contributed by atoms with van der Waals surface area (Å²) in [5, 5.41) is 18.2. The van der Waals surface area contributed by atoms with E-state index in [2.05, 4.69) is 20.4 Å². The normalized spacial score (nSPS) is 15.7. The molecule has 1 aliphatic rings. The van der Waals surface area contributed by atoms with Crippen LogP contribution in [0.3, 0.4) is 0 Å². The lowest BCUT2D eigenvalue weighted by atomic mass is 10.1. The maximum atomic E-state index is 15.0. The highest BCUT2D eigenvalue weighted by molar-refractivity contribution is 5.92. The maximum Gasteiger partial charge on any atom is 0.179 e. The van der Waals surface area contributed by atoms with Gasteiger partial charge in [0.25, 0.3) is 0 Å². The van der Waals surface area contributed by atoms with Gasteiger partial charge in [-0.25, -0.2) is 13.5 Å². The fourth-order valence-corrected chi connectivity index (χ4v) is 4.87. The van der Waals surface area contributed by atoms with E-state index in [0.29, 0.717) is 29.9 Å². The van der Waals surface area contributed by atoms with E-state index in [0.717, 1.165) is 60.3 Å². The van der Waals surface area contributed by atoms with Crippen LogP contribution in [0.2, 0.25) is 0 Å². The van der Waals surface area contributed by atoms with Crippen molar-refractivity contribution in [3.05, 3.63) is 71.1 Å². The first-order valence-corrected chi connectivity index (χ1v) is 12.3. The number of benzene rings is 2. The highest BCUT2D eigenvalue weighted by Gasteiger charge is 2.27. The van der Waals surface area contributed by atoms with Gasteiger partial charge in [-0.3, -0.25) is 0 Å². The zero-order chi connectivity index (χ0) is 25.2. The summed E-state index contributed by atoms with van der Waals surface area (Å²) in [7, 11) is 0. The number of aryl methyl sites for hydroxylation is 2. The number of aromatic nitrogens is 4. The van der Waals surface area contributed by atoms with Gasteiger partial charge in [-0.15, -0.1) is 5.10 Å². The first kappa shape index (κ1) is 24.1. The average molecular weight is 493 g/mol. The molecule has 1 saturated heterocycles. The van der Waals surface area contributed by atoms with Crippen LogP contribution in [-0.4, -0.2) is 52.3 Å². The number of halogens is 2. The van der Waals surface area contributed by atoms with E-state index >= 15 is 0 Å². The Balaban J connectivity index is 1.35. The van der Waals surface area contributed by atoms with Crippen LogP contribution in [0, 0.1) is 25.5 Å².